The Balaban J connectivity index is 1.94. The third-order valence-electron chi connectivity index (χ3n) is 3.14. The second-order valence-corrected chi connectivity index (χ2v) is 4.82. The summed E-state index contributed by atoms with van der Waals surface area (Å²) in [5.74, 6) is 0.165. The molecular weight excluding hydrogens is 314 g/mol. The van der Waals surface area contributed by atoms with Crippen LogP contribution in [0, 0.1) is 10.1 Å². The number of carbonyl (C=O) groups is 1. The number of benzene rings is 2. The van der Waals surface area contributed by atoms with Crippen LogP contribution in [0.15, 0.2) is 47.6 Å². The standard InChI is InChI=1S/C16H15N3O5/c1-24-14-6-7-15(20)12(9-14)10-17-18-16(21)8-11-2-4-13(5-3-11)19(22)23/h2-7,9-10,20H,8H2,1H3,(H,18,21)/b17-10+. The molecule has 2 N–H and O–H groups in total. The van der Waals surface area contributed by atoms with Crippen molar-refractivity contribution in [3.05, 3.63) is 63.7 Å². The number of methoxy groups -OCH3 is 1. The molecular formula is C16H15N3O5. The number of aromatic hydroxyl groups is 1. The van der Waals surface area contributed by atoms with E-state index in [9.17, 15) is 20.0 Å². The van der Waals surface area contributed by atoms with E-state index in [-0.39, 0.29) is 23.8 Å². The van der Waals surface area contributed by atoms with Gasteiger partial charge in [-0.15, -0.1) is 0 Å². The normalized spacial score (nSPS) is 10.5. The van der Waals surface area contributed by atoms with Gasteiger partial charge in [0.05, 0.1) is 24.7 Å². The molecule has 8 heteroatoms. The Bertz CT molecular complexity index is 772. The summed E-state index contributed by atoms with van der Waals surface area (Å²) in [6, 6.07) is 10.3. The molecule has 0 aliphatic carbocycles. The number of rotatable bonds is 6. The van der Waals surface area contributed by atoms with Gasteiger partial charge in [-0.1, -0.05) is 12.1 Å². The molecule has 2 aromatic rings. The Hall–Kier alpha value is -3.42. The van der Waals surface area contributed by atoms with Crippen molar-refractivity contribution < 1.29 is 19.6 Å². The zero-order valence-corrected chi connectivity index (χ0v) is 12.8. The monoisotopic (exact) mass is 329 g/mol. The molecule has 2 aromatic carbocycles. The average Bonchev–Trinajstić information content (AvgIpc) is 2.57. The first-order valence-corrected chi connectivity index (χ1v) is 6.92. The summed E-state index contributed by atoms with van der Waals surface area (Å²) in [4.78, 5) is 21.8. The summed E-state index contributed by atoms with van der Waals surface area (Å²) < 4.78 is 5.03. The highest BCUT2D eigenvalue weighted by Crippen LogP contribution is 2.20. The van der Waals surface area contributed by atoms with Crippen molar-refractivity contribution in [2.24, 2.45) is 5.10 Å². The van der Waals surface area contributed by atoms with Gasteiger partial charge < -0.3 is 9.84 Å². The lowest BCUT2D eigenvalue weighted by Gasteiger charge is -2.03. The number of phenols is 1. The molecule has 24 heavy (non-hydrogen) atoms. The van der Waals surface area contributed by atoms with Crippen molar-refractivity contribution in [2.75, 3.05) is 7.11 Å². The van der Waals surface area contributed by atoms with E-state index in [4.69, 9.17) is 4.74 Å². The van der Waals surface area contributed by atoms with Gasteiger partial charge in [0.2, 0.25) is 5.91 Å². The summed E-state index contributed by atoms with van der Waals surface area (Å²) in [5.41, 5.74) is 3.31. The van der Waals surface area contributed by atoms with Crippen molar-refractivity contribution in [3.8, 4) is 11.5 Å². The molecule has 0 aromatic heterocycles. The Morgan fingerprint density at radius 3 is 2.67 bits per heavy atom. The van der Waals surface area contributed by atoms with Crippen molar-refractivity contribution in [2.45, 2.75) is 6.42 Å². The minimum Gasteiger partial charge on any atom is -0.507 e. The largest absolute Gasteiger partial charge is 0.507 e. The minimum absolute atomic E-state index is 0.00386. The summed E-state index contributed by atoms with van der Waals surface area (Å²) in [6.45, 7) is 0. The number of nitro groups is 1. The van der Waals surface area contributed by atoms with Gasteiger partial charge >= 0.3 is 0 Å². The molecule has 2 rings (SSSR count). The number of hydrogen-bond acceptors (Lipinski definition) is 6. The van der Waals surface area contributed by atoms with Crippen LogP contribution >= 0.6 is 0 Å². The first-order chi connectivity index (χ1) is 11.5. The molecule has 0 bridgehead atoms. The lowest BCUT2D eigenvalue weighted by atomic mass is 10.1. The maximum atomic E-state index is 11.8. The number of hydrogen-bond donors (Lipinski definition) is 2. The molecule has 0 aliphatic heterocycles. The van der Waals surface area contributed by atoms with Crippen LogP contribution in [-0.4, -0.2) is 29.3 Å². The SMILES string of the molecule is COc1ccc(O)c(/C=N/NC(=O)Cc2ccc([N+](=O)[O-])cc2)c1. The van der Waals surface area contributed by atoms with Crippen LogP contribution in [-0.2, 0) is 11.2 Å². The molecule has 0 radical (unpaired) electrons. The van der Waals surface area contributed by atoms with Gasteiger partial charge in [0.25, 0.3) is 5.69 Å². The van der Waals surface area contributed by atoms with Crippen LogP contribution in [0.25, 0.3) is 0 Å². The number of amides is 1. The Kier molecular flexibility index (Phi) is 5.45. The maximum Gasteiger partial charge on any atom is 0.269 e. The average molecular weight is 329 g/mol. The third kappa shape index (κ3) is 4.54. The lowest BCUT2D eigenvalue weighted by molar-refractivity contribution is -0.384. The van der Waals surface area contributed by atoms with Crippen LogP contribution < -0.4 is 10.2 Å². The van der Waals surface area contributed by atoms with Crippen LogP contribution in [0.5, 0.6) is 11.5 Å². The van der Waals surface area contributed by atoms with E-state index in [2.05, 4.69) is 10.5 Å². The fourth-order valence-electron chi connectivity index (χ4n) is 1.90. The number of ether oxygens (including phenoxy) is 1. The first kappa shape index (κ1) is 16.9. The fraction of sp³-hybridized carbons (Fsp3) is 0.125. The number of hydrazone groups is 1. The third-order valence-corrected chi connectivity index (χ3v) is 3.14. The van der Waals surface area contributed by atoms with E-state index in [0.717, 1.165) is 0 Å². The topological polar surface area (TPSA) is 114 Å². The van der Waals surface area contributed by atoms with E-state index >= 15 is 0 Å². The van der Waals surface area contributed by atoms with Gasteiger partial charge in [0.15, 0.2) is 0 Å². The lowest BCUT2D eigenvalue weighted by Crippen LogP contribution is -2.19. The molecule has 0 saturated heterocycles. The van der Waals surface area contributed by atoms with Crippen LogP contribution in [0.1, 0.15) is 11.1 Å². The molecule has 8 nitrogen and oxygen atoms in total. The molecule has 0 heterocycles. The molecule has 0 saturated carbocycles. The zero-order chi connectivity index (χ0) is 17.5. The predicted molar refractivity (Wildman–Crippen MR) is 87.2 cm³/mol. The number of nitrogens with zero attached hydrogens (tertiary/aromatic N) is 2. The quantitative estimate of drug-likeness (QED) is 0.478. The molecule has 0 unspecified atom stereocenters. The van der Waals surface area contributed by atoms with E-state index in [1.807, 2.05) is 0 Å². The van der Waals surface area contributed by atoms with E-state index in [1.165, 1.54) is 43.7 Å². The Morgan fingerprint density at radius 2 is 2.04 bits per heavy atom. The molecule has 0 aliphatic rings. The van der Waals surface area contributed by atoms with Crippen molar-refractivity contribution >= 4 is 17.8 Å². The summed E-state index contributed by atoms with van der Waals surface area (Å²) >= 11 is 0. The summed E-state index contributed by atoms with van der Waals surface area (Å²) in [7, 11) is 1.50. The molecule has 124 valence electrons. The van der Waals surface area contributed by atoms with Crippen molar-refractivity contribution in [1.82, 2.24) is 5.43 Å². The highest BCUT2D eigenvalue weighted by Gasteiger charge is 2.07. The number of carbonyl (C=O) groups excluding carboxylic acids is 1. The van der Waals surface area contributed by atoms with Crippen LogP contribution in [0.4, 0.5) is 5.69 Å². The highest BCUT2D eigenvalue weighted by atomic mass is 16.6. The second kappa shape index (κ2) is 7.73. The van der Waals surface area contributed by atoms with Crippen LogP contribution in [0.2, 0.25) is 0 Å². The number of nitro benzene ring substituents is 1. The van der Waals surface area contributed by atoms with Gasteiger partial charge in [0, 0.05) is 17.7 Å². The minimum atomic E-state index is -0.505. The van der Waals surface area contributed by atoms with E-state index < -0.39 is 4.92 Å². The van der Waals surface area contributed by atoms with Crippen molar-refractivity contribution in [1.29, 1.82) is 0 Å². The first-order valence-electron chi connectivity index (χ1n) is 6.92. The molecule has 0 atom stereocenters. The number of non-ortho nitro benzene ring substituents is 1. The molecule has 0 spiro atoms. The summed E-state index contributed by atoms with van der Waals surface area (Å²) in [6.07, 6.45) is 1.32. The predicted octanol–water partition coefficient (Wildman–Crippen LogP) is 2.00. The van der Waals surface area contributed by atoms with Gasteiger partial charge in [-0.2, -0.15) is 5.10 Å². The fourth-order valence-corrected chi connectivity index (χ4v) is 1.90. The highest BCUT2D eigenvalue weighted by molar-refractivity contribution is 5.86. The molecule has 1 amide bonds. The van der Waals surface area contributed by atoms with Gasteiger partial charge in [-0.3, -0.25) is 14.9 Å². The smallest absolute Gasteiger partial charge is 0.269 e. The Labute approximate surface area is 137 Å². The van der Waals surface area contributed by atoms with Gasteiger partial charge in [-0.05, 0) is 23.8 Å². The maximum absolute atomic E-state index is 11.8. The number of phenolic OH excluding ortho intramolecular Hbond substituents is 1. The van der Waals surface area contributed by atoms with Crippen molar-refractivity contribution in [3.63, 3.8) is 0 Å². The molecule has 0 fully saturated rings. The zero-order valence-electron chi connectivity index (χ0n) is 12.8. The second-order valence-electron chi connectivity index (χ2n) is 4.82. The van der Waals surface area contributed by atoms with E-state index in [1.54, 1.807) is 12.1 Å². The number of nitrogens with one attached hydrogen (secondary N) is 1. The summed E-state index contributed by atoms with van der Waals surface area (Å²) in [5, 5.41) is 24.0. The van der Waals surface area contributed by atoms with E-state index in [0.29, 0.717) is 16.9 Å². The van der Waals surface area contributed by atoms with Gasteiger partial charge in [-0.25, -0.2) is 5.43 Å². The Morgan fingerprint density at radius 1 is 1.33 bits per heavy atom. The van der Waals surface area contributed by atoms with Crippen LogP contribution in [0.3, 0.4) is 0 Å². The van der Waals surface area contributed by atoms with Gasteiger partial charge in [0.1, 0.15) is 11.5 Å².